The lowest BCUT2D eigenvalue weighted by atomic mass is 10.1. The lowest BCUT2D eigenvalue weighted by Gasteiger charge is -2.13. The molecule has 0 fully saturated rings. The first-order chi connectivity index (χ1) is 16.6. The van der Waals surface area contributed by atoms with Gasteiger partial charge in [0.2, 0.25) is 0 Å². The second-order valence-electron chi connectivity index (χ2n) is 7.75. The fraction of sp³-hybridized carbons (Fsp3) is 0.222. The summed E-state index contributed by atoms with van der Waals surface area (Å²) in [5.41, 5.74) is 4.84. The summed E-state index contributed by atoms with van der Waals surface area (Å²) in [6.07, 6.45) is 4.12. The van der Waals surface area contributed by atoms with Gasteiger partial charge in [-0.2, -0.15) is 0 Å². The molecular formula is C27H27N3O3S. The monoisotopic (exact) mass is 473 g/mol. The number of rotatable bonds is 10. The topological polar surface area (TPSA) is 73.3 Å². The quantitative estimate of drug-likeness (QED) is 0.331. The smallest absolute Gasteiger partial charge is 0.251 e. The number of carbonyl (C=O) groups excluding carboxylic acids is 1. The number of hydrogen-bond donors (Lipinski definition) is 1. The van der Waals surface area contributed by atoms with Crippen LogP contribution in [0, 0.1) is 6.92 Å². The maximum atomic E-state index is 12.7. The summed E-state index contributed by atoms with van der Waals surface area (Å²) >= 11 is 1.62. The minimum absolute atomic E-state index is 0.157. The number of pyridine rings is 1. The van der Waals surface area contributed by atoms with Crippen LogP contribution in [0.1, 0.15) is 34.1 Å². The van der Waals surface area contributed by atoms with Gasteiger partial charge in [0.25, 0.3) is 5.91 Å². The highest BCUT2D eigenvalue weighted by Gasteiger charge is 2.12. The Balaban J connectivity index is 1.33. The zero-order valence-corrected chi connectivity index (χ0v) is 20.1. The van der Waals surface area contributed by atoms with Crippen LogP contribution in [-0.4, -0.2) is 29.0 Å². The van der Waals surface area contributed by atoms with E-state index in [-0.39, 0.29) is 5.91 Å². The third kappa shape index (κ3) is 6.20. The van der Waals surface area contributed by atoms with Crippen LogP contribution in [0.25, 0.3) is 10.6 Å². The van der Waals surface area contributed by atoms with Crippen molar-refractivity contribution in [2.45, 2.75) is 26.9 Å². The van der Waals surface area contributed by atoms with E-state index in [9.17, 15) is 4.79 Å². The second-order valence-corrected chi connectivity index (χ2v) is 8.61. The van der Waals surface area contributed by atoms with Crippen LogP contribution in [0.3, 0.4) is 0 Å². The van der Waals surface area contributed by atoms with Crippen LogP contribution in [0.15, 0.2) is 72.4 Å². The van der Waals surface area contributed by atoms with Crippen molar-refractivity contribution >= 4 is 17.2 Å². The summed E-state index contributed by atoms with van der Waals surface area (Å²) in [7, 11) is 0. The van der Waals surface area contributed by atoms with Gasteiger partial charge in [0, 0.05) is 41.9 Å². The van der Waals surface area contributed by atoms with Gasteiger partial charge >= 0.3 is 0 Å². The van der Waals surface area contributed by atoms with Gasteiger partial charge in [-0.15, -0.1) is 11.3 Å². The largest absolute Gasteiger partial charge is 0.490 e. The van der Waals surface area contributed by atoms with Crippen LogP contribution in [-0.2, 0) is 13.0 Å². The normalized spacial score (nSPS) is 10.6. The summed E-state index contributed by atoms with van der Waals surface area (Å²) < 4.78 is 11.6. The Morgan fingerprint density at radius 2 is 1.79 bits per heavy atom. The third-order valence-corrected chi connectivity index (χ3v) is 6.11. The highest BCUT2D eigenvalue weighted by Crippen LogP contribution is 2.29. The maximum absolute atomic E-state index is 12.7. The molecule has 1 amide bonds. The van der Waals surface area contributed by atoms with Gasteiger partial charge in [-0.1, -0.05) is 29.8 Å². The molecule has 4 rings (SSSR count). The zero-order chi connectivity index (χ0) is 23.8. The lowest BCUT2D eigenvalue weighted by molar-refractivity contribution is 0.0953. The van der Waals surface area contributed by atoms with Gasteiger partial charge in [0.15, 0.2) is 11.5 Å². The Hall–Kier alpha value is -3.71. The zero-order valence-electron chi connectivity index (χ0n) is 19.3. The van der Waals surface area contributed by atoms with E-state index in [1.54, 1.807) is 41.9 Å². The van der Waals surface area contributed by atoms with Gasteiger partial charge in [-0.25, -0.2) is 4.98 Å². The average Bonchev–Trinajstić information content (AvgIpc) is 3.33. The number of hydrogen-bond acceptors (Lipinski definition) is 6. The van der Waals surface area contributed by atoms with E-state index in [4.69, 9.17) is 14.5 Å². The van der Waals surface area contributed by atoms with Crippen LogP contribution in [0.5, 0.6) is 11.5 Å². The highest BCUT2D eigenvalue weighted by molar-refractivity contribution is 7.13. The first kappa shape index (κ1) is 23.4. The number of thiazole rings is 1. The molecule has 0 spiro atoms. The van der Waals surface area contributed by atoms with Crippen molar-refractivity contribution in [1.29, 1.82) is 0 Å². The Kier molecular flexibility index (Phi) is 7.88. The molecule has 7 heteroatoms. The number of aryl methyl sites for hydroxylation is 1. The predicted octanol–water partition coefficient (Wildman–Crippen LogP) is 5.46. The van der Waals surface area contributed by atoms with Crippen LogP contribution in [0.2, 0.25) is 0 Å². The number of nitrogens with one attached hydrogen (secondary N) is 1. The van der Waals surface area contributed by atoms with Crippen molar-refractivity contribution in [2.24, 2.45) is 0 Å². The van der Waals surface area contributed by atoms with Crippen LogP contribution < -0.4 is 14.8 Å². The van der Waals surface area contributed by atoms with E-state index >= 15 is 0 Å². The van der Waals surface area contributed by atoms with Crippen LogP contribution >= 0.6 is 11.3 Å². The SMILES string of the molecule is CCOc1cc(C(=O)NCCc2csc(-c3ccc(C)cc3)n2)ccc1OCc1ccncc1. The number of benzene rings is 2. The number of aromatic nitrogens is 2. The molecule has 2 heterocycles. The minimum atomic E-state index is -0.157. The van der Waals surface area contributed by atoms with Gasteiger partial charge in [-0.05, 0) is 49.7 Å². The first-order valence-corrected chi connectivity index (χ1v) is 12.1. The molecule has 2 aromatic heterocycles. The number of amides is 1. The van der Waals surface area contributed by atoms with E-state index in [1.165, 1.54) is 5.56 Å². The number of ether oxygens (including phenoxy) is 2. The molecular weight excluding hydrogens is 446 g/mol. The van der Waals surface area contributed by atoms with E-state index in [2.05, 4.69) is 41.5 Å². The standard InChI is InChI=1S/C27H27N3O3S/c1-3-32-25-16-22(8-9-24(25)33-17-20-10-13-28-14-11-20)26(31)29-15-12-23-18-34-27(30-23)21-6-4-19(2)5-7-21/h4-11,13-14,16,18H,3,12,15,17H2,1-2H3,(H,29,31). The maximum Gasteiger partial charge on any atom is 0.251 e. The van der Waals surface area contributed by atoms with Crippen molar-refractivity contribution in [1.82, 2.24) is 15.3 Å². The van der Waals surface area contributed by atoms with E-state index in [0.29, 0.717) is 43.2 Å². The molecule has 2 aromatic carbocycles. The van der Waals surface area contributed by atoms with E-state index in [1.807, 2.05) is 24.4 Å². The molecule has 0 bridgehead atoms. The Morgan fingerprint density at radius 1 is 1.00 bits per heavy atom. The lowest BCUT2D eigenvalue weighted by Crippen LogP contribution is -2.25. The summed E-state index contributed by atoms with van der Waals surface area (Å²) in [5.74, 6) is 0.989. The van der Waals surface area contributed by atoms with Gasteiger partial charge in [-0.3, -0.25) is 9.78 Å². The molecule has 0 aliphatic heterocycles. The Labute approximate surface area is 203 Å². The third-order valence-electron chi connectivity index (χ3n) is 5.17. The van der Waals surface area contributed by atoms with Crippen molar-refractivity contribution in [3.05, 3.63) is 94.8 Å². The predicted molar refractivity (Wildman–Crippen MR) is 135 cm³/mol. The molecule has 0 aliphatic carbocycles. The van der Waals surface area contributed by atoms with E-state index in [0.717, 1.165) is 21.8 Å². The highest BCUT2D eigenvalue weighted by atomic mass is 32.1. The summed E-state index contributed by atoms with van der Waals surface area (Å²) in [5, 5.41) is 6.01. The van der Waals surface area contributed by atoms with Gasteiger partial charge in [0.1, 0.15) is 11.6 Å². The summed E-state index contributed by atoms with van der Waals surface area (Å²) in [4.78, 5) is 21.4. The molecule has 0 radical (unpaired) electrons. The molecule has 0 saturated carbocycles. The van der Waals surface area contributed by atoms with Gasteiger partial charge in [0.05, 0.1) is 12.3 Å². The minimum Gasteiger partial charge on any atom is -0.490 e. The molecule has 34 heavy (non-hydrogen) atoms. The number of nitrogens with zero attached hydrogens (tertiary/aromatic N) is 2. The van der Waals surface area contributed by atoms with Gasteiger partial charge < -0.3 is 14.8 Å². The summed E-state index contributed by atoms with van der Waals surface area (Å²) in [6.45, 7) is 5.34. The fourth-order valence-corrected chi connectivity index (χ4v) is 4.19. The fourth-order valence-electron chi connectivity index (χ4n) is 3.33. The van der Waals surface area contributed by atoms with Crippen molar-refractivity contribution in [2.75, 3.05) is 13.2 Å². The molecule has 6 nitrogen and oxygen atoms in total. The Bertz CT molecular complexity index is 1220. The average molecular weight is 474 g/mol. The summed E-state index contributed by atoms with van der Waals surface area (Å²) in [6, 6.07) is 17.4. The molecule has 1 N–H and O–H groups in total. The van der Waals surface area contributed by atoms with Crippen molar-refractivity contribution in [3.63, 3.8) is 0 Å². The Morgan fingerprint density at radius 3 is 2.56 bits per heavy atom. The molecule has 0 aliphatic rings. The van der Waals surface area contributed by atoms with E-state index < -0.39 is 0 Å². The molecule has 0 unspecified atom stereocenters. The molecule has 174 valence electrons. The van der Waals surface area contributed by atoms with Crippen molar-refractivity contribution in [3.8, 4) is 22.1 Å². The molecule has 4 aromatic rings. The van der Waals surface area contributed by atoms with Crippen molar-refractivity contribution < 1.29 is 14.3 Å². The second kappa shape index (κ2) is 11.4. The van der Waals surface area contributed by atoms with Crippen LogP contribution in [0.4, 0.5) is 0 Å². The first-order valence-electron chi connectivity index (χ1n) is 11.2. The molecule has 0 saturated heterocycles. The number of carbonyl (C=O) groups is 1. The molecule has 0 atom stereocenters.